The second kappa shape index (κ2) is 13.6. The molecule has 0 fully saturated rings. The standard InChI is InChI=1S/C47H38P2Si/c1-50(45-27-15-13-25-43(45)49(38-18-4-2-5-19-38)39-20-6-3-7-21-39)44-26-14-12-24-42(44)48-32-36-30-28-34-16-8-10-22-40(34)46(36)47-37(33-48)31-29-35-17-9-11-23-41(35)47/h2-31,50H,32-33H2,1H3/t50-/m0/s1. The van der Waals surface area contributed by atoms with Gasteiger partial charge in [-0.15, -0.1) is 0 Å². The first kappa shape index (κ1) is 31.3. The quantitative estimate of drug-likeness (QED) is 0.120. The van der Waals surface area contributed by atoms with Crippen LogP contribution in [0.5, 0.6) is 0 Å². The molecule has 0 aliphatic carbocycles. The van der Waals surface area contributed by atoms with Crippen LogP contribution in [0.25, 0.3) is 32.7 Å². The van der Waals surface area contributed by atoms with Crippen molar-refractivity contribution in [3.63, 3.8) is 0 Å². The lowest BCUT2D eigenvalue weighted by molar-refractivity contribution is 1.40. The number of rotatable bonds is 6. The van der Waals surface area contributed by atoms with Gasteiger partial charge in [0, 0.05) is 0 Å². The van der Waals surface area contributed by atoms with Gasteiger partial charge in [0.05, 0.1) is 0 Å². The van der Waals surface area contributed by atoms with Crippen LogP contribution in [0.1, 0.15) is 11.1 Å². The van der Waals surface area contributed by atoms with Crippen LogP contribution >= 0.6 is 15.8 Å². The molecule has 9 rings (SSSR count). The molecule has 3 heteroatoms. The molecule has 0 unspecified atom stereocenters. The van der Waals surface area contributed by atoms with E-state index in [2.05, 4.69) is 189 Å². The van der Waals surface area contributed by atoms with E-state index < -0.39 is 24.6 Å². The Balaban J connectivity index is 1.19. The highest BCUT2D eigenvalue weighted by Gasteiger charge is 2.29. The monoisotopic (exact) mass is 692 g/mol. The van der Waals surface area contributed by atoms with Gasteiger partial charge in [-0.05, 0) is 90.4 Å². The Kier molecular flexibility index (Phi) is 8.51. The van der Waals surface area contributed by atoms with Gasteiger partial charge in [-0.25, -0.2) is 0 Å². The van der Waals surface area contributed by atoms with Crippen LogP contribution in [0.15, 0.2) is 182 Å². The average Bonchev–Trinajstić information content (AvgIpc) is 3.36. The second-order valence-electron chi connectivity index (χ2n) is 13.3. The van der Waals surface area contributed by atoms with E-state index in [0.29, 0.717) is 0 Å². The van der Waals surface area contributed by atoms with Crippen molar-refractivity contribution < 1.29 is 0 Å². The lowest BCUT2D eigenvalue weighted by Gasteiger charge is -2.27. The maximum absolute atomic E-state index is 2.58. The predicted molar refractivity (Wildman–Crippen MR) is 225 cm³/mol. The van der Waals surface area contributed by atoms with E-state index in [-0.39, 0.29) is 0 Å². The van der Waals surface area contributed by atoms with Crippen molar-refractivity contribution in [2.45, 2.75) is 18.9 Å². The molecule has 0 bridgehead atoms. The van der Waals surface area contributed by atoms with Crippen LogP contribution in [0.2, 0.25) is 6.55 Å². The highest BCUT2D eigenvalue weighted by atomic mass is 31.1. The largest absolute Gasteiger partial charge is 0.101 e. The van der Waals surface area contributed by atoms with Gasteiger partial charge >= 0.3 is 0 Å². The molecule has 0 N–H and O–H groups in total. The summed E-state index contributed by atoms with van der Waals surface area (Å²) in [5.41, 5.74) is 5.88. The third kappa shape index (κ3) is 5.65. The second-order valence-corrected chi connectivity index (χ2v) is 20.4. The summed E-state index contributed by atoms with van der Waals surface area (Å²) in [4.78, 5) is 0. The summed E-state index contributed by atoms with van der Waals surface area (Å²) in [6.07, 6.45) is 2.19. The fourth-order valence-corrected chi connectivity index (χ4v) is 17.3. The minimum atomic E-state index is -1.61. The van der Waals surface area contributed by atoms with Crippen LogP contribution in [-0.4, -0.2) is 8.80 Å². The summed E-state index contributed by atoms with van der Waals surface area (Å²) in [6.45, 7) is 2.58. The van der Waals surface area contributed by atoms with Crippen LogP contribution in [0.4, 0.5) is 0 Å². The molecule has 0 saturated carbocycles. The number of fused-ring (bicyclic) bond motifs is 7. The fraction of sp³-hybridized carbons (Fsp3) is 0.0638. The van der Waals surface area contributed by atoms with Gasteiger partial charge in [0.15, 0.2) is 0 Å². The molecule has 240 valence electrons. The zero-order chi connectivity index (χ0) is 33.4. The van der Waals surface area contributed by atoms with Crippen molar-refractivity contribution in [3.05, 3.63) is 193 Å². The lowest BCUT2D eigenvalue weighted by atomic mass is 9.88. The third-order valence-electron chi connectivity index (χ3n) is 10.4. The SMILES string of the molecule is C[Si@@H](c1ccccc1P1Cc2ccc3ccccc3c2-c2c(ccc3ccccc23)C1)c1ccccc1P(c1ccccc1)c1ccccc1. The molecule has 0 aromatic heterocycles. The maximum atomic E-state index is 2.58. The van der Waals surface area contributed by atoms with Gasteiger partial charge in [0.25, 0.3) is 0 Å². The number of hydrogen-bond acceptors (Lipinski definition) is 0. The van der Waals surface area contributed by atoms with Crippen molar-refractivity contribution in [1.82, 2.24) is 0 Å². The maximum Gasteiger partial charge on any atom is 0.101 e. The molecule has 8 aromatic rings. The first-order valence-corrected chi connectivity index (χ1v) is 23.0. The summed E-state index contributed by atoms with van der Waals surface area (Å²) in [5, 5.41) is 14.5. The Morgan fingerprint density at radius 2 is 0.900 bits per heavy atom. The van der Waals surface area contributed by atoms with Gasteiger partial charge in [0.1, 0.15) is 8.80 Å². The van der Waals surface area contributed by atoms with E-state index in [9.17, 15) is 0 Å². The van der Waals surface area contributed by atoms with E-state index in [1.165, 1.54) is 59.7 Å². The first-order chi connectivity index (χ1) is 24.7. The Labute approximate surface area is 299 Å². The molecule has 1 heterocycles. The summed E-state index contributed by atoms with van der Waals surface area (Å²) in [5.74, 6) is 0. The number of hydrogen-bond donors (Lipinski definition) is 0. The van der Waals surface area contributed by atoms with Gasteiger partial charge in [-0.2, -0.15) is 0 Å². The molecular weight excluding hydrogens is 655 g/mol. The van der Waals surface area contributed by atoms with Crippen LogP contribution < -0.4 is 31.6 Å². The first-order valence-electron chi connectivity index (χ1n) is 17.6. The van der Waals surface area contributed by atoms with E-state index in [4.69, 9.17) is 0 Å². The Morgan fingerprint density at radius 3 is 1.48 bits per heavy atom. The molecule has 0 nitrogen and oxygen atoms in total. The summed E-state index contributed by atoms with van der Waals surface area (Å²) < 4.78 is 0. The molecule has 0 spiro atoms. The van der Waals surface area contributed by atoms with E-state index >= 15 is 0 Å². The normalized spacial score (nSPS) is 13.6. The lowest BCUT2D eigenvalue weighted by Crippen LogP contribution is -2.51. The summed E-state index contributed by atoms with van der Waals surface area (Å²) in [7, 11) is -2.78. The van der Waals surface area contributed by atoms with Crippen molar-refractivity contribution in [3.8, 4) is 11.1 Å². The zero-order valence-electron chi connectivity index (χ0n) is 28.2. The van der Waals surface area contributed by atoms with E-state index in [0.717, 1.165) is 12.3 Å². The third-order valence-corrected chi connectivity index (χ3v) is 18.8. The smallest absolute Gasteiger partial charge is 0.0664 e. The molecule has 8 aromatic carbocycles. The van der Waals surface area contributed by atoms with E-state index in [1.807, 2.05) is 0 Å². The van der Waals surface area contributed by atoms with Gasteiger partial charge in [-0.3, -0.25) is 0 Å². The van der Waals surface area contributed by atoms with Crippen molar-refractivity contribution in [2.24, 2.45) is 0 Å². The van der Waals surface area contributed by atoms with Gasteiger partial charge in [0.2, 0.25) is 0 Å². The molecule has 0 amide bonds. The Morgan fingerprint density at radius 1 is 0.440 bits per heavy atom. The molecule has 1 aliphatic rings. The average molecular weight is 693 g/mol. The predicted octanol–water partition coefficient (Wildman–Crippen LogP) is 9.21. The molecule has 0 saturated heterocycles. The summed E-state index contributed by atoms with van der Waals surface area (Å²) >= 11 is 0. The highest BCUT2D eigenvalue weighted by Crippen LogP contribution is 2.52. The van der Waals surface area contributed by atoms with Gasteiger partial charge < -0.3 is 0 Å². The summed E-state index contributed by atoms with van der Waals surface area (Å²) in [6, 6.07) is 68.9. The van der Waals surface area contributed by atoms with Gasteiger partial charge in [-0.1, -0.05) is 202 Å². The number of benzene rings is 8. The topological polar surface area (TPSA) is 0 Å². The van der Waals surface area contributed by atoms with Crippen LogP contribution in [-0.2, 0) is 12.3 Å². The molecular formula is C47H38P2Si. The van der Waals surface area contributed by atoms with Crippen molar-refractivity contribution >= 4 is 77.8 Å². The molecule has 50 heavy (non-hydrogen) atoms. The van der Waals surface area contributed by atoms with Crippen LogP contribution in [0, 0.1) is 0 Å². The minimum absolute atomic E-state index is 0.494. The van der Waals surface area contributed by atoms with Crippen LogP contribution in [0.3, 0.4) is 0 Å². The molecule has 0 radical (unpaired) electrons. The zero-order valence-corrected chi connectivity index (χ0v) is 31.2. The van der Waals surface area contributed by atoms with Crippen molar-refractivity contribution in [2.75, 3.05) is 0 Å². The Bertz CT molecular complexity index is 2350. The van der Waals surface area contributed by atoms with Crippen molar-refractivity contribution in [1.29, 1.82) is 0 Å². The Hall–Kier alpha value is -4.64. The highest BCUT2D eigenvalue weighted by molar-refractivity contribution is 7.80. The fourth-order valence-electron chi connectivity index (χ4n) is 8.07. The molecule has 1 atom stereocenters. The molecule has 1 aliphatic heterocycles. The van der Waals surface area contributed by atoms with E-state index in [1.54, 1.807) is 15.7 Å². The minimum Gasteiger partial charge on any atom is -0.0664 e.